The molecule has 0 atom stereocenters. The molecule has 3 heteroatoms. The van der Waals surface area contributed by atoms with Gasteiger partial charge in [-0.25, -0.2) is 0 Å². The van der Waals surface area contributed by atoms with Crippen LogP contribution in [0.1, 0.15) is 0 Å². The van der Waals surface area contributed by atoms with E-state index in [0.717, 1.165) is 44.6 Å². The molecule has 0 bridgehead atoms. The number of rotatable bonds is 5. The van der Waals surface area contributed by atoms with Crippen LogP contribution in [0.4, 0.5) is 17.1 Å². The maximum Gasteiger partial charge on any atom is 0.137 e. The first kappa shape index (κ1) is 29.6. The Morgan fingerprint density at radius 3 is 1.89 bits per heavy atom. The summed E-state index contributed by atoms with van der Waals surface area (Å²) in [5.41, 5.74) is 12.2. The first-order valence-corrected chi connectivity index (χ1v) is 18.1. The van der Waals surface area contributed by atoms with Gasteiger partial charge in [0.1, 0.15) is 11.2 Å². The molecular formula is C50H32N2O. The monoisotopic (exact) mass is 676 g/mol. The molecule has 0 aliphatic carbocycles. The van der Waals surface area contributed by atoms with Crippen LogP contribution in [-0.2, 0) is 0 Å². The van der Waals surface area contributed by atoms with Gasteiger partial charge in [0.25, 0.3) is 0 Å². The van der Waals surface area contributed by atoms with Crippen molar-refractivity contribution in [2.75, 3.05) is 4.90 Å². The van der Waals surface area contributed by atoms with Crippen LogP contribution >= 0.6 is 0 Å². The van der Waals surface area contributed by atoms with Crippen LogP contribution in [-0.4, -0.2) is 4.40 Å². The van der Waals surface area contributed by atoms with Gasteiger partial charge in [-0.2, -0.15) is 0 Å². The van der Waals surface area contributed by atoms with Crippen LogP contribution in [0.2, 0.25) is 0 Å². The van der Waals surface area contributed by atoms with E-state index in [9.17, 15) is 0 Å². The van der Waals surface area contributed by atoms with Crippen molar-refractivity contribution in [2.24, 2.45) is 0 Å². The number of anilines is 3. The third-order valence-corrected chi connectivity index (χ3v) is 10.8. The lowest BCUT2D eigenvalue weighted by Crippen LogP contribution is -2.10. The van der Waals surface area contributed by atoms with E-state index in [-0.39, 0.29) is 0 Å². The Bertz CT molecular complexity index is 3170. The van der Waals surface area contributed by atoms with Crippen molar-refractivity contribution >= 4 is 77.0 Å². The van der Waals surface area contributed by atoms with Crippen LogP contribution in [0.3, 0.4) is 0 Å². The fraction of sp³-hybridized carbons (Fsp3) is 0. The van der Waals surface area contributed by atoms with E-state index in [0.29, 0.717) is 0 Å². The molecule has 8 aromatic carbocycles. The number of pyridine rings is 1. The third kappa shape index (κ3) is 4.68. The highest BCUT2D eigenvalue weighted by atomic mass is 16.3. The normalized spacial score (nSPS) is 11.8. The number of para-hydroxylation sites is 1. The molecule has 0 saturated heterocycles. The van der Waals surface area contributed by atoms with Crippen LogP contribution in [0.25, 0.3) is 82.2 Å². The van der Waals surface area contributed by atoms with Crippen LogP contribution in [0, 0.1) is 0 Å². The zero-order chi connectivity index (χ0) is 34.9. The second-order valence-corrected chi connectivity index (χ2v) is 13.8. The molecule has 0 fully saturated rings. The van der Waals surface area contributed by atoms with Gasteiger partial charge in [-0.15, -0.1) is 0 Å². The quantitative estimate of drug-likeness (QED) is 0.181. The third-order valence-electron chi connectivity index (χ3n) is 10.8. The zero-order valence-electron chi connectivity index (χ0n) is 28.8. The molecule has 11 rings (SSSR count). The predicted octanol–water partition coefficient (Wildman–Crippen LogP) is 14.1. The average Bonchev–Trinajstić information content (AvgIpc) is 3.77. The predicted molar refractivity (Wildman–Crippen MR) is 223 cm³/mol. The van der Waals surface area contributed by atoms with Crippen molar-refractivity contribution in [1.82, 2.24) is 4.40 Å². The summed E-state index contributed by atoms with van der Waals surface area (Å²) in [7, 11) is 0. The molecule has 0 radical (unpaired) electrons. The van der Waals surface area contributed by atoms with Gasteiger partial charge < -0.3 is 13.7 Å². The summed E-state index contributed by atoms with van der Waals surface area (Å²) < 4.78 is 9.02. The minimum absolute atomic E-state index is 0.861. The van der Waals surface area contributed by atoms with E-state index in [1.54, 1.807) is 0 Å². The van der Waals surface area contributed by atoms with Gasteiger partial charge >= 0.3 is 0 Å². The number of hydrogen-bond acceptors (Lipinski definition) is 2. The molecule has 0 spiro atoms. The van der Waals surface area contributed by atoms with Gasteiger partial charge in [0, 0.05) is 56.1 Å². The fourth-order valence-electron chi connectivity index (χ4n) is 8.31. The zero-order valence-corrected chi connectivity index (χ0v) is 28.8. The molecule has 0 N–H and O–H groups in total. The van der Waals surface area contributed by atoms with Crippen LogP contribution in [0.5, 0.6) is 0 Å². The molecule has 53 heavy (non-hydrogen) atoms. The molecular weight excluding hydrogens is 645 g/mol. The van der Waals surface area contributed by atoms with E-state index in [1.807, 2.05) is 6.07 Å². The van der Waals surface area contributed by atoms with Gasteiger partial charge in [-0.3, -0.25) is 0 Å². The molecule has 0 saturated carbocycles. The van der Waals surface area contributed by atoms with Crippen LogP contribution < -0.4 is 4.90 Å². The van der Waals surface area contributed by atoms with Crippen molar-refractivity contribution < 1.29 is 4.42 Å². The minimum Gasteiger partial charge on any atom is -0.456 e. The lowest BCUT2D eigenvalue weighted by molar-refractivity contribution is 0.669. The highest BCUT2D eigenvalue weighted by Crippen LogP contribution is 2.45. The van der Waals surface area contributed by atoms with Crippen molar-refractivity contribution in [3.8, 4) is 22.3 Å². The van der Waals surface area contributed by atoms with Gasteiger partial charge in [-0.1, -0.05) is 127 Å². The maximum absolute atomic E-state index is 6.66. The summed E-state index contributed by atoms with van der Waals surface area (Å²) in [6.45, 7) is 0. The average molecular weight is 677 g/mol. The largest absolute Gasteiger partial charge is 0.456 e. The fourth-order valence-corrected chi connectivity index (χ4v) is 8.31. The maximum atomic E-state index is 6.66. The number of furan rings is 1. The van der Waals surface area contributed by atoms with Gasteiger partial charge in [0.05, 0.1) is 16.7 Å². The smallest absolute Gasteiger partial charge is 0.137 e. The Hall–Kier alpha value is -7.10. The molecule has 11 aromatic rings. The van der Waals surface area contributed by atoms with E-state index in [2.05, 4.69) is 197 Å². The molecule has 248 valence electrons. The first-order valence-electron chi connectivity index (χ1n) is 18.1. The molecule has 0 aliphatic rings. The van der Waals surface area contributed by atoms with Gasteiger partial charge in [0.2, 0.25) is 0 Å². The van der Waals surface area contributed by atoms with Gasteiger partial charge in [-0.05, 0) is 82.1 Å². The molecule has 3 aromatic heterocycles. The highest BCUT2D eigenvalue weighted by Gasteiger charge is 2.21. The Kier molecular flexibility index (Phi) is 6.55. The summed E-state index contributed by atoms with van der Waals surface area (Å²) in [6.07, 6.45) is 2.22. The highest BCUT2D eigenvalue weighted by molar-refractivity contribution is 6.15. The number of nitrogens with zero attached hydrogens (tertiary/aromatic N) is 2. The van der Waals surface area contributed by atoms with Crippen molar-refractivity contribution in [1.29, 1.82) is 0 Å². The Balaban J connectivity index is 1.16. The van der Waals surface area contributed by atoms with Crippen LogP contribution in [0.15, 0.2) is 199 Å². The SMILES string of the molecule is c1ccc(-c2ccc3c(c2)oc2cc(N(c4ccc5ccn6c7ccccc7c(-c7ccccc7)c6c5c4)c4cccc5ccccc45)ccc23)cc1. The van der Waals surface area contributed by atoms with Crippen molar-refractivity contribution in [3.05, 3.63) is 194 Å². The van der Waals surface area contributed by atoms with E-state index >= 15 is 0 Å². The number of aromatic nitrogens is 1. The second kappa shape index (κ2) is 11.7. The molecule has 3 nitrogen and oxygen atoms in total. The summed E-state index contributed by atoms with van der Waals surface area (Å²) in [4.78, 5) is 2.39. The Morgan fingerprint density at radius 1 is 0.396 bits per heavy atom. The topological polar surface area (TPSA) is 20.8 Å². The summed E-state index contributed by atoms with van der Waals surface area (Å²) in [5.74, 6) is 0. The van der Waals surface area contributed by atoms with E-state index in [1.165, 1.54) is 54.7 Å². The number of hydrogen-bond donors (Lipinski definition) is 0. The lowest BCUT2D eigenvalue weighted by Gasteiger charge is -2.27. The summed E-state index contributed by atoms with van der Waals surface area (Å²) >= 11 is 0. The van der Waals surface area contributed by atoms with E-state index < -0.39 is 0 Å². The van der Waals surface area contributed by atoms with Gasteiger partial charge in [0.15, 0.2) is 0 Å². The van der Waals surface area contributed by atoms with Crippen molar-refractivity contribution in [2.45, 2.75) is 0 Å². The first-order chi connectivity index (χ1) is 26.3. The standard InChI is InChI=1S/C50H32N2O/c1-3-12-33(13-4-1)37-23-26-41-42-27-25-39(32-48(42)53-47(41)30-37)52(46-21-11-17-34-14-7-8-18-40(34)46)38-24-22-35-28-29-51-45-20-10-9-19-43(45)49(50(51)44(35)31-38)36-15-5-2-6-16-36/h1-32H. The van der Waals surface area contributed by atoms with Crippen molar-refractivity contribution in [3.63, 3.8) is 0 Å². The van der Waals surface area contributed by atoms with E-state index in [4.69, 9.17) is 4.42 Å². The summed E-state index contributed by atoms with van der Waals surface area (Å²) in [5, 5.41) is 8.24. The molecule has 0 amide bonds. The molecule has 3 heterocycles. The number of fused-ring (bicyclic) bond motifs is 9. The Morgan fingerprint density at radius 2 is 1.04 bits per heavy atom. The molecule has 0 unspecified atom stereocenters. The number of benzene rings is 8. The lowest BCUT2D eigenvalue weighted by atomic mass is 9.99. The second-order valence-electron chi connectivity index (χ2n) is 13.8. The molecule has 0 aliphatic heterocycles. The summed E-state index contributed by atoms with van der Waals surface area (Å²) in [6, 6.07) is 67.5. The minimum atomic E-state index is 0.861. The Labute approximate surface area is 306 Å².